The van der Waals surface area contributed by atoms with Crippen LogP contribution < -0.4 is 16.0 Å². The van der Waals surface area contributed by atoms with Crippen molar-refractivity contribution in [2.24, 2.45) is 0 Å². The second-order valence-corrected chi connectivity index (χ2v) is 19.0. The van der Waals surface area contributed by atoms with Crippen LogP contribution in [0.3, 0.4) is 0 Å². The van der Waals surface area contributed by atoms with Gasteiger partial charge >= 0.3 is 6.09 Å². The first-order valence-electron chi connectivity index (χ1n) is 23.6. The molecule has 7 rings (SSSR count). The summed E-state index contributed by atoms with van der Waals surface area (Å²) in [6.45, 7) is 16.4. The summed E-state index contributed by atoms with van der Waals surface area (Å²) in [5, 5.41) is 13.1. The monoisotopic (exact) mass is 872 g/mol. The van der Waals surface area contributed by atoms with Crippen LogP contribution in [0.25, 0.3) is 10.8 Å². The summed E-state index contributed by atoms with van der Waals surface area (Å²) in [7, 11) is 0. The maximum absolute atomic E-state index is 14.4. The van der Waals surface area contributed by atoms with Gasteiger partial charge in [-0.25, -0.2) is 4.79 Å². The number of rotatable bonds is 18. The van der Waals surface area contributed by atoms with E-state index in [1.165, 1.54) is 38.8 Å². The van der Waals surface area contributed by atoms with Crippen molar-refractivity contribution in [1.29, 1.82) is 0 Å². The minimum atomic E-state index is -0.650. The van der Waals surface area contributed by atoms with Crippen LogP contribution in [0.5, 0.6) is 0 Å². The Morgan fingerprint density at radius 2 is 1.32 bits per heavy atom. The van der Waals surface area contributed by atoms with Gasteiger partial charge in [-0.15, -0.1) is 0 Å². The highest BCUT2D eigenvalue weighted by molar-refractivity contribution is 5.85. The molecule has 3 N–H and O–H groups in total. The highest BCUT2D eigenvalue weighted by Crippen LogP contribution is 2.38. The first kappa shape index (κ1) is 47.2. The van der Waals surface area contributed by atoms with Crippen LogP contribution in [-0.2, 0) is 27.9 Å². The van der Waals surface area contributed by atoms with Crippen molar-refractivity contribution in [3.8, 4) is 0 Å². The van der Waals surface area contributed by atoms with Gasteiger partial charge in [0.15, 0.2) is 0 Å². The van der Waals surface area contributed by atoms with E-state index in [0.29, 0.717) is 26.1 Å². The van der Waals surface area contributed by atoms with E-state index in [1.54, 1.807) is 0 Å². The molecule has 0 saturated carbocycles. The Kier molecular flexibility index (Phi) is 15.9. The summed E-state index contributed by atoms with van der Waals surface area (Å²) >= 11 is 0. The first-order valence-corrected chi connectivity index (χ1v) is 23.6. The Hall–Kier alpha value is -5.80. The molecule has 1 fully saturated rings. The van der Waals surface area contributed by atoms with Gasteiger partial charge in [0.1, 0.15) is 5.60 Å². The highest BCUT2D eigenvalue weighted by atomic mass is 16.6. The van der Waals surface area contributed by atoms with Crippen molar-refractivity contribution >= 4 is 22.8 Å². The number of hydrogen-bond donors (Lipinski definition) is 3. The third-order valence-electron chi connectivity index (χ3n) is 12.8. The molecule has 2 amide bonds. The Bertz CT molecular complexity index is 2360. The van der Waals surface area contributed by atoms with Crippen molar-refractivity contribution in [1.82, 2.24) is 25.8 Å². The molecule has 0 spiro atoms. The average molecular weight is 872 g/mol. The van der Waals surface area contributed by atoms with Crippen LogP contribution in [0.4, 0.5) is 4.79 Å². The van der Waals surface area contributed by atoms with Crippen molar-refractivity contribution in [2.45, 2.75) is 96.5 Å². The molecule has 0 bridgehead atoms. The van der Waals surface area contributed by atoms with Gasteiger partial charge in [0.05, 0.1) is 12.0 Å². The molecule has 0 aliphatic carbocycles. The van der Waals surface area contributed by atoms with Gasteiger partial charge in [-0.2, -0.15) is 0 Å². The van der Waals surface area contributed by atoms with Crippen LogP contribution in [-0.4, -0.2) is 84.8 Å². The lowest BCUT2D eigenvalue weighted by atomic mass is 9.76. The molecular weight excluding hydrogens is 803 g/mol. The first-order chi connectivity index (χ1) is 31.4. The molecule has 6 aromatic rings. The van der Waals surface area contributed by atoms with E-state index < -0.39 is 17.2 Å². The molecule has 1 aliphatic heterocycles. The molecule has 1 aliphatic rings. The fourth-order valence-electron chi connectivity index (χ4n) is 9.64. The third-order valence-corrected chi connectivity index (χ3v) is 12.8. The van der Waals surface area contributed by atoms with Crippen LogP contribution >= 0.6 is 0 Å². The van der Waals surface area contributed by atoms with Crippen molar-refractivity contribution in [2.75, 3.05) is 39.3 Å². The second kappa shape index (κ2) is 21.9. The normalized spacial score (nSPS) is 16.3. The minimum Gasteiger partial charge on any atom is -0.444 e. The molecule has 8 nitrogen and oxygen atoms in total. The summed E-state index contributed by atoms with van der Waals surface area (Å²) in [6.07, 6.45) is 2.63. The van der Waals surface area contributed by atoms with Crippen molar-refractivity contribution < 1.29 is 14.3 Å². The summed E-state index contributed by atoms with van der Waals surface area (Å²) in [5.41, 5.74) is 7.29. The number of nitrogens with one attached hydrogen (secondary N) is 3. The molecule has 0 unspecified atom stereocenters. The smallest absolute Gasteiger partial charge is 0.407 e. The van der Waals surface area contributed by atoms with Gasteiger partial charge in [0.25, 0.3) is 0 Å². The Morgan fingerprint density at radius 3 is 1.94 bits per heavy atom. The number of amides is 2. The fourth-order valence-corrected chi connectivity index (χ4v) is 9.64. The van der Waals surface area contributed by atoms with E-state index in [9.17, 15) is 9.59 Å². The number of piperazine rings is 1. The molecule has 3 atom stereocenters. The predicted octanol–water partition coefficient (Wildman–Crippen LogP) is 9.99. The average Bonchev–Trinajstić information content (AvgIpc) is 3.29. The van der Waals surface area contributed by atoms with E-state index in [1.807, 2.05) is 20.8 Å². The van der Waals surface area contributed by atoms with Gasteiger partial charge in [-0.1, -0.05) is 157 Å². The number of carbonyl (C=O) groups is 2. The third kappa shape index (κ3) is 12.5. The van der Waals surface area contributed by atoms with Crippen molar-refractivity contribution in [3.05, 3.63) is 191 Å². The molecule has 340 valence electrons. The zero-order valence-corrected chi connectivity index (χ0v) is 39.4. The van der Waals surface area contributed by atoms with Crippen LogP contribution in [0, 0.1) is 13.8 Å². The number of benzene rings is 6. The van der Waals surface area contributed by atoms with E-state index in [2.05, 4.69) is 198 Å². The summed E-state index contributed by atoms with van der Waals surface area (Å²) < 4.78 is 5.42. The maximum atomic E-state index is 14.4. The second-order valence-electron chi connectivity index (χ2n) is 19.0. The molecule has 8 heteroatoms. The molecule has 65 heavy (non-hydrogen) atoms. The van der Waals surface area contributed by atoms with Gasteiger partial charge in [0, 0.05) is 50.8 Å². The Balaban J connectivity index is 1.18. The van der Waals surface area contributed by atoms with Crippen molar-refractivity contribution in [3.63, 3.8) is 0 Å². The number of aryl methyl sites for hydroxylation is 2. The number of carbonyl (C=O) groups excluding carboxylic acids is 2. The number of ether oxygens (including phenoxy) is 1. The molecule has 6 aromatic carbocycles. The van der Waals surface area contributed by atoms with Crippen LogP contribution in [0.2, 0.25) is 0 Å². The van der Waals surface area contributed by atoms with Gasteiger partial charge in [-0.3, -0.25) is 15.0 Å². The summed E-state index contributed by atoms with van der Waals surface area (Å²) in [4.78, 5) is 31.4. The molecule has 1 heterocycles. The van der Waals surface area contributed by atoms with Crippen LogP contribution in [0.15, 0.2) is 152 Å². The Labute approximate surface area is 387 Å². The zero-order chi connectivity index (χ0) is 45.8. The Morgan fingerprint density at radius 1 is 0.708 bits per heavy atom. The van der Waals surface area contributed by atoms with Gasteiger partial charge in [0.2, 0.25) is 5.91 Å². The minimum absolute atomic E-state index is 0.0172. The van der Waals surface area contributed by atoms with Gasteiger partial charge < -0.3 is 20.3 Å². The van der Waals surface area contributed by atoms with Crippen LogP contribution in [0.1, 0.15) is 79.5 Å². The zero-order valence-electron chi connectivity index (χ0n) is 39.4. The topological polar surface area (TPSA) is 85.9 Å². The van der Waals surface area contributed by atoms with E-state index in [0.717, 1.165) is 49.8 Å². The number of alkyl carbamates (subject to hydrolysis) is 1. The lowest BCUT2D eigenvalue weighted by Crippen LogP contribution is -2.62. The predicted molar refractivity (Wildman–Crippen MR) is 266 cm³/mol. The van der Waals surface area contributed by atoms with E-state index >= 15 is 0 Å². The van der Waals surface area contributed by atoms with Gasteiger partial charge in [-0.05, 0) is 112 Å². The largest absolute Gasteiger partial charge is 0.444 e. The lowest BCUT2D eigenvalue weighted by molar-refractivity contribution is -0.137. The lowest BCUT2D eigenvalue weighted by Gasteiger charge is -2.48. The molecule has 0 aromatic heterocycles. The quantitative estimate of drug-likeness (QED) is 0.0590. The standard InChI is InChI=1S/C57H69N5O3/c1-42-28-30-47(43(2)35-42)38-52(60-57(49-21-10-7-11-22-49,50-23-12-8-13-24-50)51-25-14-9-15-26-51)40-61-39-44(3)62(54(63)37-45-29-31-46-19-16-17-20-48(46)36-45)41-53(61)27-18-32-58-33-34-59-55(64)65-56(4,5)6/h7-17,19-26,28-31,35-36,44,52-53,58,60H,18,27,32-34,37-41H2,1-6H3,(H,59,64)/t44-,52+,53+/m1/s1. The maximum Gasteiger partial charge on any atom is 0.407 e. The summed E-state index contributed by atoms with van der Waals surface area (Å²) in [6, 6.07) is 54.4. The van der Waals surface area contributed by atoms with E-state index in [-0.39, 0.29) is 24.0 Å². The number of fused-ring (bicyclic) bond motifs is 1. The SMILES string of the molecule is Cc1ccc(C[C@@H](CN2C[C@@H](C)N(C(=O)Cc3ccc4ccccc4c3)C[C@@H]2CCCNCCNC(=O)OC(C)(C)C)NC(c2ccccc2)(c2ccccc2)c2ccccc2)c(C)c1. The highest BCUT2D eigenvalue weighted by Gasteiger charge is 2.41. The summed E-state index contributed by atoms with van der Waals surface area (Å²) in [5.74, 6) is 0.171. The molecule has 1 saturated heterocycles. The molecular formula is C57H69N5O3. The fraction of sp³-hybridized carbons (Fsp3) is 0.368. The van der Waals surface area contributed by atoms with E-state index in [4.69, 9.17) is 4.74 Å². The number of nitrogens with zero attached hydrogens (tertiary/aromatic N) is 2. The number of hydrogen-bond acceptors (Lipinski definition) is 6. The molecule has 0 radical (unpaired) electrons.